The highest BCUT2D eigenvalue weighted by Gasteiger charge is 2.22. The Hall–Kier alpha value is -1.79. The molecule has 0 amide bonds. The Kier molecular flexibility index (Phi) is 8.43. The van der Waals surface area contributed by atoms with E-state index in [0.717, 1.165) is 19.3 Å². The van der Waals surface area contributed by atoms with Gasteiger partial charge in [-0.25, -0.2) is 0 Å². The first kappa shape index (κ1) is 19.3. The summed E-state index contributed by atoms with van der Waals surface area (Å²) in [5.74, 6) is 0.329. The van der Waals surface area contributed by atoms with E-state index in [9.17, 15) is 9.90 Å². The first-order chi connectivity index (χ1) is 11.1. The van der Waals surface area contributed by atoms with Gasteiger partial charge in [0.2, 0.25) is 0 Å². The van der Waals surface area contributed by atoms with E-state index in [2.05, 4.69) is 6.92 Å². The molecule has 0 spiro atoms. The number of rotatable bonds is 11. The Bertz CT molecular complexity index is 512. The summed E-state index contributed by atoms with van der Waals surface area (Å²) in [6.07, 6.45) is 3.59. The molecule has 1 aromatic rings. The van der Waals surface area contributed by atoms with E-state index in [1.807, 2.05) is 0 Å². The second-order valence-electron chi connectivity index (χ2n) is 5.19. The zero-order chi connectivity index (χ0) is 17.2. The van der Waals surface area contributed by atoms with Gasteiger partial charge in [-0.3, -0.25) is 4.79 Å². The van der Waals surface area contributed by atoms with E-state index < -0.39 is 0 Å². The van der Waals surface area contributed by atoms with Crippen molar-refractivity contribution in [3.63, 3.8) is 0 Å². The minimum Gasteiger partial charge on any atom is -0.507 e. The van der Waals surface area contributed by atoms with Crippen molar-refractivity contribution in [3.05, 3.63) is 17.2 Å². The molecule has 0 aromatic heterocycles. The van der Waals surface area contributed by atoms with Crippen LogP contribution < -0.4 is 9.47 Å². The molecular weight excluding hydrogens is 300 g/mol. The lowest BCUT2D eigenvalue weighted by molar-refractivity contribution is 0.0447. The Labute approximate surface area is 137 Å². The molecule has 0 saturated heterocycles. The normalized spacial score (nSPS) is 10.6. The summed E-state index contributed by atoms with van der Waals surface area (Å²) in [6.45, 7) is 3.51. The third-order valence-corrected chi connectivity index (χ3v) is 3.38. The number of Topliss-reactive ketones (excluding diaryl/α,β-unsaturated/α-hetero) is 1. The second-order valence-corrected chi connectivity index (χ2v) is 5.19. The highest BCUT2D eigenvalue weighted by atomic mass is 16.7. The zero-order valence-electron chi connectivity index (χ0n) is 14.3. The van der Waals surface area contributed by atoms with Gasteiger partial charge in [-0.15, -0.1) is 0 Å². The number of phenolic OH excluding ortho intramolecular Hbond substituents is 1. The molecule has 6 nitrogen and oxygen atoms in total. The van der Waals surface area contributed by atoms with Gasteiger partial charge in [0.15, 0.2) is 19.4 Å². The van der Waals surface area contributed by atoms with Crippen molar-refractivity contribution < 1.29 is 28.8 Å². The Morgan fingerprint density at radius 2 is 1.70 bits per heavy atom. The van der Waals surface area contributed by atoms with Gasteiger partial charge in [0.1, 0.15) is 22.8 Å². The third kappa shape index (κ3) is 5.41. The fraction of sp³-hybridized carbons (Fsp3) is 0.588. The summed E-state index contributed by atoms with van der Waals surface area (Å²) in [5.41, 5.74) is 0.754. The standard InChI is InChI=1S/C17H26O6/c1-5-6-7-8-13-14(22-10-20-3)9-15(23-11-21-4)16(12(2)18)17(13)19/h9,19H,5-8,10-11H2,1-4H3. The number of unbranched alkanes of at least 4 members (excludes halogenated alkanes) is 2. The topological polar surface area (TPSA) is 74.2 Å². The van der Waals surface area contributed by atoms with E-state index in [0.29, 0.717) is 17.7 Å². The van der Waals surface area contributed by atoms with Crippen LogP contribution in [0.25, 0.3) is 0 Å². The van der Waals surface area contributed by atoms with Crippen LogP contribution in [0.15, 0.2) is 6.07 Å². The SMILES string of the molecule is CCCCCc1c(OCOC)cc(OCOC)c(C(C)=O)c1O. The number of hydrogen-bond donors (Lipinski definition) is 1. The molecule has 0 radical (unpaired) electrons. The van der Waals surface area contributed by atoms with E-state index in [-0.39, 0.29) is 36.4 Å². The van der Waals surface area contributed by atoms with Crippen LogP contribution in [0, 0.1) is 0 Å². The molecule has 0 heterocycles. The number of hydrogen-bond acceptors (Lipinski definition) is 6. The Morgan fingerprint density at radius 1 is 1.09 bits per heavy atom. The summed E-state index contributed by atoms with van der Waals surface area (Å²) < 4.78 is 20.7. The largest absolute Gasteiger partial charge is 0.507 e. The van der Waals surface area contributed by atoms with E-state index >= 15 is 0 Å². The average molecular weight is 326 g/mol. The van der Waals surface area contributed by atoms with Gasteiger partial charge in [-0.1, -0.05) is 19.8 Å². The van der Waals surface area contributed by atoms with Crippen molar-refractivity contribution in [2.24, 2.45) is 0 Å². The molecular formula is C17H26O6. The number of carbonyl (C=O) groups is 1. The fourth-order valence-electron chi connectivity index (χ4n) is 2.28. The van der Waals surface area contributed by atoms with Gasteiger partial charge in [0.25, 0.3) is 0 Å². The zero-order valence-corrected chi connectivity index (χ0v) is 14.3. The van der Waals surface area contributed by atoms with Gasteiger partial charge in [0, 0.05) is 25.8 Å². The number of phenols is 1. The molecule has 0 atom stereocenters. The van der Waals surface area contributed by atoms with Crippen LogP contribution in [0.3, 0.4) is 0 Å². The van der Waals surface area contributed by atoms with Crippen LogP contribution in [0.1, 0.15) is 49.0 Å². The minimum atomic E-state index is -0.274. The van der Waals surface area contributed by atoms with Gasteiger partial charge >= 0.3 is 0 Å². The number of ether oxygens (including phenoxy) is 4. The van der Waals surface area contributed by atoms with Crippen molar-refractivity contribution in [2.45, 2.75) is 39.5 Å². The van der Waals surface area contributed by atoms with Crippen molar-refractivity contribution >= 4 is 5.78 Å². The maximum atomic E-state index is 11.9. The van der Waals surface area contributed by atoms with Crippen molar-refractivity contribution in [1.82, 2.24) is 0 Å². The van der Waals surface area contributed by atoms with Crippen molar-refractivity contribution in [2.75, 3.05) is 27.8 Å². The maximum absolute atomic E-state index is 11.9. The fourth-order valence-corrected chi connectivity index (χ4v) is 2.28. The molecule has 1 rings (SSSR count). The highest BCUT2D eigenvalue weighted by molar-refractivity contribution is 6.00. The van der Waals surface area contributed by atoms with Gasteiger partial charge in [0.05, 0.1) is 0 Å². The predicted molar refractivity (Wildman–Crippen MR) is 86.3 cm³/mol. The molecule has 0 unspecified atom stereocenters. The summed E-state index contributed by atoms with van der Waals surface area (Å²) in [4.78, 5) is 11.9. The first-order valence-electron chi connectivity index (χ1n) is 7.70. The third-order valence-electron chi connectivity index (χ3n) is 3.38. The van der Waals surface area contributed by atoms with Gasteiger partial charge < -0.3 is 24.1 Å². The molecule has 0 aliphatic rings. The van der Waals surface area contributed by atoms with Crippen molar-refractivity contribution in [3.8, 4) is 17.2 Å². The smallest absolute Gasteiger partial charge is 0.188 e. The van der Waals surface area contributed by atoms with Gasteiger partial charge in [-0.2, -0.15) is 0 Å². The van der Waals surface area contributed by atoms with Gasteiger partial charge in [-0.05, 0) is 19.8 Å². The molecule has 0 aliphatic carbocycles. The number of ketones is 1. The summed E-state index contributed by atoms with van der Waals surface area (Å²) in [5, 5.41) is 10.6. The van der Waals surface area contributed by atoms with E-state index in [1.54, 1.807) is 6.07 Å². The summed E-state index contributed by atoms with van der Waals surface area (Å²) >= 11 is 0. The maximum Gasteiger partial charge on any atom is 0.188 e. The second kappa shape index (κ2) is 10.1. The summed E-state index contributed by atoms with van der Waals surface area (Å²) in [6, 6.07) is 1.61. The van der Waals surface area contributed by atoms with Crippen molar-refractivity contribution in [1.29, 1.82) is 0 Å². The van der Waals surface area contributed by atoms with E-state index in [1.165, 1.54) is 21.1 Å². The molecule has 1 aromatic carbocycles. The van der Waals surface area contributed by atoms with Crippen LogP contribution in [-0.2, 0) is 15.9 Å². The molecule has 1 N–H and O–H groups in total. The quantitative estimate of drug-likeness (QED) is 0.382. The van der Waals surface area contributed by atoms with Crippen LogP contribution in [0.5, 0.6) is 17.2 Å². The molecule has 0 aliphatic heterocycles. The van der Waals surface area contributed by atoms with E-state index in [4.69, 9.17) is 18.9 Å². The lowest BCUT2D eigenvalue weighted by atomic mass is 9.99. The molecule has 0 bridgehead atoms. The Morgan fingerprint density at radius 3 is 2.22 bits per heavy atom. The predicted octanol–water partition coefficient (Wildman–Crippen LogP) is 3.29. The minimum absolute atomic E-state index is 0.0291. The van der Waals surface area contributed by atoms with Crippen LogP contribution >= 0.6 is 0 Å². The number of aromatic hydroxyl groups is 1. The molecule has 0 saturated carbocycles. The highest BCUT2D eigenvalue weighted by Crippen LogP contribution is 2.40. The number of methoxy groups -OCH3 is 2. The molecule has 23 heavy (non-hydrogen) atoms. The first-order valence-corrected chi connectivity index (χ1v) is 7.70. The molecule has 6 heteroatoms. The van der Waals surface area contributed by atoms with Crippen LogP contribution in [0.2, 0.25) is 0 Å². The van der Waals surface area contributed by atoms with Crippen LogP contribution in [-0.4, -0.2) is 38.7 Å². The molecule has 130 valence electrons. The number of benzene rings is 1. The lowest BCUT2D eigenvalue weighted by Crippen LogP contribution is -2.09. The van der Waals surface area contributed by atoms with Crippen LogP contribution in [0.4, 0.5) is 0 Å². The average Bonchev–Trinajstić information content (AvgIpc) is 2.52. The number of carbonyl (C=O) groups excluding carboxylic acids is 1. The monoisotopic (exact) mass is 326 g/mol. The summed E-state index contributed by atoms with van der Waals surface area (Å²) in [7, 11) is 3.00. The lowest BCUT2D eigenvalue weighted by Gasteiger charge is -2.18. The Balaban J connectivity index is 3.27. The molecule has 0 fully saturated rings.